The van der Waals surface area contributed by atoms with Gasteiger partial charge in [-0.1, -0.05) is 6.08 Å². The first kappa shape index (κ1) is 13.4. The Morgan fingerprint density at radius 3 is 2.90 bits per heavy atom. The molecule has 21 heavy (non-hydrogen) atoms. The molecule has 6 nitrogen and oxygen atoms in total. The number of carbonyl (C=O) groups excluding carboxylic acids is 1. The summed E-state index contributed by atoms with van der Waals surface area (Å²) >= 11 is 0. The number of hydrogen-bond acceptors (Lipinski definition) is 5. The van der Waals surface area contributed by atoms with E-state index in [0.717, 1.165) is 12.0 Å². The molecular weight excluding hydrogens is 266 g/mol. The minimum absolute atomic E-state index is 0. The number of aliphatic imine (C=N–C) groups is 1. The number of amidine groups is 1. The van der Waals surface area contributed by atoms with Crippen LogP contribution in [0.2, 0.25) is 0 Å². The SMILES string of the molecule is N=C(Cc1cc(C(N)=O)ccc1N)C12C=CC(N)=NC1C2.[HH].[HH]. The van der Waals surface area contributed by atoms with Gasteiger partial charge in [0.2, 0.25) is 5.91 Å². The zero-order valence-electron chi connectivity index (χ0n) is 11.5. The van der Waals surface area contributed by atoms with Crippen LogP contribution in [-0.2, 0) is 6.42 Å². The summed E-state index contributed by atoms with van der Waals surface area (Å²) in [6, 6.07) is 4.96. The lowest BCUT2D eigenvalue weighted by molar-refractivity contribution is 0.1000. The number of anilines is 1. The van der Waals surface area contributed by atoms with Gasteiger partial charge in [-0.15, -0.1) is 0 Å². The Bertz CT molecular complexity index is 716. The van der Waals surface area contributed by atoms with Gasteiger partial charge in [0, 0.05) is 26.2 Å². The van der Waals surface area contributed by atoms with Gasteiger partial charge in [-0.3, -0.25) is 9.79 Å². The summed E-state index contributed by atoms with van der Waals surface area (Å²) in [5.41, 5.74) is 18.8. The molecular formula is C15H21N5O. The van der Waals surface area contributed by atoms with E-state index in [0.29, 0.717) is 29.2 Å². The number of rotatable bonds is 4. The number of amides is 1. The monoisotopic (exact) mass is 287 g/mol. The van der Waals surface area contributed by atoms with Crippen LogP contribution in [0.3, 0.4) is 0 Å². The number of fused-ring (bicyclic) bond motifs is 1. The Morgan fingerprint density at radius 2 is 2.24 bits per heavy atom. The number of nitrogen functional groups attached to an aromatic ring is 1. The van der Waals surface area contributed by atoms with Crippen LogP contribution >= 0.6 is 0 Å². The summed E-state index contributed by atoms with van der Waals surface area (Å²) in [6.07, 6.45) is 4.89. The zero-order valence-corrected chi connectivity index (χ0v) is 11.5. The van der Waals surface area contributed by atoms with E-state index in [-0.39, 0.29) is 14.3 Å². The Labute approximate surface area is 125 Å². The van der Waals surface area contributed by atoms with Gasteiger partial charge in [0.15, 0.2) is 0 Å². The van der Waals surface area contributed by atoms with E-state index in [4.69, 9.17) is 22.6 Å². The van der Waals surface area contributed by atoms with Crippen molar-refractivity contribution in [3.8, 4) is 0 Å². The average Bonchev–Trinajstić information content (AvgIpc) is 3.15. The van der Waals surface area contributed by atoms with Gasteiger partial charge in [-0.05, 0) is 36.3 Å². The second kappa shape index (κ2) is 4.44. The third-order valence-corrected chi connectivity index (χ3v) is 4.18. The number of hydrogen-bond donors (Lipinski definition) is 4. The van der Waals surface area contributed by atoms with Gasteiger partial charge in [0.1, 0.15) is 5.84 Å². The molecule has 2 unspecified atom stereocenters. The number of nitrogens with zero attached hydrogens (tertiary/aromatic N) is 1. The molecule has 1 aromatic carbocycles. The minimum atomic E-state index is -0.500. The van der Waals surface area contributed by atoms with E-state index in [1.807, 2.05) is 6.08 Å². The molecule has 6 heteroatoms. The van der Waals surface area contributed by atoms with Gasteiger partial charge >= 0.3 is 0 Å². The van der Waals surface area contributed by atoms with Crippen LogP contribution in [0.1, 0.15) is 25.2 Å². The predicted molar refractivity (Wildman–Crippen MR) is 86.6 cm³/mol. The first-order chi connectivity index (χ1) is 9.92. The van der Waals surface area contributed by atoms with Gasteiger partial charge in [0.25, 0.3) is 0 Å². The van der Waals surface area contributed by atoms with Crippen LogP contribution in [0.5, 0.6) is 0 Å². The maximum absolute atomic E-state index is 11.2. The molecule has 0 bridgehead atoms. The van der Waals surface area contributed by atoms with E-state index < -0.39 is 5.91 Å². The molecule has 2 atom stereocenters. The summed E-state index contributed by atoms with van der Waals surface area (Å²) in [7, 11) is 0. The van der Waals surface area contributed by atoms with Crippen molar-refractivity contribution in [2.24, 2.45) is 21.9 Å². The summed E-state index contributed by atoms with van der Waals surface area (Å²) in [5, 5.41) is 8.37. The quantitative estimate of drug-likeness (QED) is 0.488. The highest BCUT2D eigenvalue weighted by Gasteiger charge is 2.56. The molecule has 1 amide bonds. The highest BCUT2D eigenvalue weighted by atomic mass is 16.1. The Balaban J connectivity index is 0.00000132. The maximum atomic E-state index is 11.2. The molecule has 1 aromatic rings. The van der Waals surface area contributed by atoms with Crippen LogP contribution in [0, 0.1) is 10.8 Å². The number of nitrogens with two attached hydrogens (primary N) is 3. The number of benzene rings is 1. The lowest BCUT2D eigenvalue weighted by Crippen LogP contribution is -2.24. The fourth-order valence-corrected chi connectivity index (χ4v) is 2.75. The molecule has 0 spiro atoms. The predicted octanol–water partition coefficient (Wildman–Crippen LogP) is 1.11. The molecule has 1 aliphatic carbocycles. The standard InChI is InChI=1S/C15H17N5O.2H2/c16-10-2-1-8(14(19)21)5-9(10)6-11(17)15-4-3-13(18)20-12(15)7-15;;/h1-5,12,17H,6-7,16H2,(H2,18,20)(H2,19,21);2*1H. The fraction of sp³-hybridized carbons (Fsp3) is 0.267. The molecule has 2 aliphatic rings. The zero-order chi connectivity index (χ0) is 15.2. The molecule has 0 radical (unpaired) electrons. The van der Waals surface area contributed by atoms with E-state index in [9.17, 15) is 4.79 Å². The summed E-state index contributed by atoms with van der Waals surface area (Å²) in [6.45, 7) is 0. The molecule has 7 N–H and O–H groups in total. The molecule has 1 saturated carbocycles. The van der Waals surface area contributed by atoms with Crippen LogP contribution in [0.4, 0.5) is 5.69 Å². The third kappa shape index (κ3) is 2.18. The molecule has 0 saturated heterocycles. The Morgan fingerprint density at radius 1 is 1.48 bits per heavy atom. The number of nitrogens with one attached hydrogen (secondary N) is 1. The number of carbonyl (C=O) groups is 1. The molecule has 1 aliphatic heterocycles. The molecule has 3 rings (SSSR count). The summed E-state index contributed by atoms with van der Waals surface area (Å²) < 4.78 is 0. The first-order valence-corrected chi connectivity index (χ1v) is 6.71. The van der Waals surface area contributed by atoms with Crippen molar-refractivity contribution in [3.63, 3.8) is 0 Å². The second-order valence-electron chi connectivity index (χ2n) is 5.58. The van der Waals surface area contributed by atoms with Gasteiger partial charge in [-0.25, -0.2) is 0 Å². The van der Waals surface area contributed by atoms with Crippen LogP contribution < -0.4 is 17.2 Å². The van der Waals surface area contributed by atoms with Crippen molar-refractivity contribution in [2.45, 2.75) is 18.9 Å². The number of dihydropyridines is 1. The highest BCUT2D eigenvalue weighted by Crippen LogP contribution is 2.53. The normalized spacial score (nSPS) is 25.9. The van der Waals surface area contributed by atoms with Gasteiger partial charge in [0.05, 0.1) is 11.5 Å². The fourth-order valence-electron chi connectivity index (χ4n) is 2.75. The van der Waals surface area contributed by atoms with Crippen LogP contribution in [0.15, 0.2) is 35.3 Å². The molecule has 1 heterocycles. The molecule has 112 valence electrons. The van der Waals surface area contributed by atoms with Crippen LogP contribution in [0.25, 0.3) is 0 Å². The molecule has 1 fully saturated rings. The summed E-state index contributed by atoms with van der Waals surface area (Å²) in [4.78, 5) is 15.6. The van der Waals surface area contributed by atoms with E-state index in [1.54, 1.807) is 24.3 Å². The third-order valence-electron chi connectivity index (χ3n) is 4.18. The minimum Gasteiger partial charge on any atom is -0.398 e. The van der Waals surface area contributed by atoms with Gasteiger partial charge in [-0.2, -0.15) is 0 Å². The Hall–Kier alpha value is -2.63. The van der Waals surface area contributed by atoms with Crippen molar-refractivity contribution in [2.75, 3.05) is 5.73 Å². The van der Waals surface area contributed by atoms with Gasteiger partial charge < -0.3 is 22.6 Å². The van der Waals surface area contributed by atoms with Crippen molar-refractivity contribution in [3.05, 3.63) is 41.5 Å². The van der Waals surface area contributed by atoms with Crippen molar-refractivity contribution in [1.82, 2.24) is 0 Å². The van der Waals surface area contributed by atoms with E-state index in [2.05, 4.69) is 4.99 Å². The van der Waals surface area contributed by atoms with Crippen molar-refractivity contribution < 1.29 is 7.65 Å². The number of primary amides is 1. The smallest absolute Gasteiger partial charge is 0.248 e. The maximum Gasteiger partial charge on any atom is 0.248 e. The van der Waals surface area contributed by atoms with E-state index >= 15 is 0 Å². The lowest BCUT2D eigenvalue weighted by atomic mass is 9.91. The highest BCUT2D eigenvalue weighted by molar-refractivity contribution is 6.01. The topological polar surface area (TPSA) is 131 Å². The van der Waals surface area contributed by atoms with Crippen molar-refractivity contribution >= 4 is 23.1 Å². The van der Waals surface area contributed by atoms with Crippen LogP contribution in [-0.4, -0.2) is 23.5 Å². The lowest BCUT2D eigenvalue weighted by Gasteiger charge is -2.17. The van der Waals surface area contributed by atoms with E-state index in [1.165, 1.54) is 0 Å². The first-order valence-electron chi connectivity index (χ1n) is 6.71. The summed E-state index contributed by atoms with van der Waals surface area (Å²) in [5.74, 6) is 0.0105. The van der Waals surface area contributed by atoms with Crippen molar-refractivity contribution in [1.29, 1.82) is 5.41 Å². The Kier molecular flexibility index (Phi) is 2.83. The average molecular weight is 287 g/mol. The molecule has 0 aromatic heterocycles. The second-order valence-corrected chi connectivity index (χ2v) is 5.58. The largest absolute Gasteiger partial charge is 0.398 e.